The Bertz CT molecular complexity index is 777. The first kappa shape index (κ1) is 16.2. The summed E-state index contributed by atoms with van der Waals surface area (Å²) < 4.78 is 4.94. The number of carbonyl (C=O) groups excluding carboxylic acids is 2. The smallest absolute Gasteiger partial charge is 0.328 e. The number of amides is 1. The van der Waals surface area contributed by atoms with Gasteiger partial charge in [-0.15, -0.1) is 0 Å². The van der Waals surface area contributed by atoms with Gasteiger partial charge in [0, 0.05) is 18.5 Å². The Labute approximate surface area is 142 Å². The van der Waals surface area contributed by atoms with Gasteiger partial charge >= 0.3 is 5.97 Å². The zero-order valence-electron chi connectivity index (χ0n) is 14.2. The lowest BCUT2D eigenvalue weighted by molar-refractivity contribution is -0.146. The lowest BCUT2D eigenvalue weighted by Gasteiger charge is -2.35. The minimum atomic E-state index is -0.585. The van der Waals surface area contributed by atoms with Crippen molar-refractivity contribution in [3.05, 3.63) is 70.3 Å². The molecule has 1 amide bonds. The third-order valence-corrected chi connectivity index (χ3v) is 4.45. The maximum atomic E-state index is 13.1. The van der Waals surface area contributed by atoms with Crippen LogP contribution in [0.1, 0.15) is 32.6 Å². The van der Waals surface area contributed by atoms with Crippen LogP contribution in [0.2, 0.25) is 0 Å². The molecule has 3 rings (SSSR count). The van der Waals surface area contributed by atoms with Crippen molar-refractivity contribution >= 4 is 11.9 Å². The van der Waals surface area contributed by atoms with Gasteiger partial charge in [-0.05, 0) is 37.1 Å². The molecular weight excluding hydrogens is 302 g/mol. The maximum absolute atomic E-state index is 13.1. The molecule has 0 spiro atoms. The van der Waals surface area contributed by atoms with Crippen LogP contribution in [-0.4, -0.2) is 29.9 Å². The molecule has 4 nitrogen and oxygen atoms in total. The van der Waals surface area contributed by atoms with Gasteiger partial charge in [-0.3, -0.25) is 4.79 Å². The minimum absolute atomic E-state index is 0.133. The summed E-state index contributed by atoms with van der Waals surface area (Å²) in [6.07, 6.45) is 0.486. The standard InChI is InChI=1S/C20H21NO3/c1-13-8-14(2)10-17(9-13)19(22)21-12-16-7-5-4-6-15(16)11-18(21)20(23)24-3/h4-10,18H,11-12H2,1-3H3. The van der Waals surface area contributed by atoms with Crippen LogP contribution in [0.3, 0.4) is 0 Å². The van der Waals surface area contributed by atoms with Crippen LogP contribution in [0.4, 0.5) is 0 Å². The van der Waals surface area contributed by atoms with E-state index in [2.05, 4.69) is 0 Å². The number of carbonyl (C=O) groups is 2. The highest BCUT2D eigenvalue weighted by atomic mass is 16.5. The number of fused-ring (bicyclic) bond motifs is 1. The largest absolute Gasteiger partial charge is 0.467 e. The molecule has 4 heteroatoms. The van der Waals surface area contributed by atoms with E-state index < -0.39 is 6.04 Å². The van der Waals surface area contributed by atoms with Gasteiger partial charge in [0.1, 0.15) is 6.04 Å². The molecule has 0 saturated carbocycles. The van der Waals surface area contributed by atoms with Crippen molar-refractivity contribution in [3.8, 4) is 0 Å². The molecule has 0 aromatic heterocycles. The number of aryl methyl sites for hydroxylation is 2. The van der Waals surface area contributed by atoms with Gasteiger partial charge in [0.2, 0.25) is 0 Å². The van der Waals surface area contributed by atoms with E-state index in [1.165, 1.54) is 7.11 Å². The molecule has 2 aromatic rings. The first-order valence-electron chi connectivity index (χ1n) is 8.03. The highest BCUT2D eigenvalue weighted by Gasteiger charge is 2.35. The van der Waals surface area contributed by atoms with E-state index in [4.69, 9.17) is 4.74 Å². The van der Waals surface area contributed by atoms with Crippen LogP contribution in [0, 0.1) is 13.8 Å². The number of methoxy groups -OCH3 is 1. The van der Waals surface area contributed by atoms with Gasteiger partial charge in [0.25, 0.3) is 5.91 Å². The number of nitrogens with zero attached hydrogens (tertiary/aromatic N) is 1. The Morgan fingerprint density at radius 3 is 2.29 bits per heavy atom. The molecule has 2 aromatic carbocycles. The van der Waals surface area contributed by atoms with Crippen molar-refractivity contribution in [3.63, 3.8) is 0 Å². The normalized spacial score (nSPS) is 16.5. The molecule has 0 saturated heterocycles. The van der Waals surface area contributed by atoms with Crippen LogP contribution in [0.15, 0.2) is 42.5 Å². The summed E-state index contributed by atoms with van der Waals surface area (Å²) in [5.41, 5.74) is 4.85. The van der Waals surface area contributed by atoms with Crippen LogP contribution in [0.25, 0.3) is 0 Å². The summed E-state index contributed by atoms with van der Waals surface area (Å²) >= 11 is 0. The third kappa shape index (κ3) is 3.04. The highest BCUT2D eigenvalue weighted by Crippen LogP contribution is 2.26. The monoisotopic (exact) mass is 323 g/mol. The summed E-state index contributed by atoms with van der Waals surface area (Å²) in [7, 11) is 1.36. The molecule has 0 bridgehead atoms. The molecule has 124 valence electrons. The fraction of sp³-hybridized carbons (Fsp3) is 0.300. The number of hydrogen-bond acceptors (Lipinski definition) is 3. The SMILES string of the molecule is COC(=O)C1Cc2ccccc2CN1C(=O)c1cc(C)cc(C)c1. The van der Waals surface area contributed by atoms with Crippen molar-refractivity contribution < 1.29 is 14.3 Å². The zero-order valence-corrected chi connectivity index (χ0v) is 14.2. The number of ether oxygens (including phenoxy) is 1. The lowest BCUT2D eigenvalue weighted by Crippen LogP contribution is -2.49. The molecule has 1 atom stereocenters. The van der Waals surface area contributed by atoms with Gasteiger partial charge in [0.05, 0.1) is 7.11 Å². The lowest BCUT2D eigenvalue weighted by atomic mass is 9.93. The molecular formula is C20H21NO3. The van der Waals surface area contributed by atoms with Crippen LogP contribution >= 0.6 is 0 Å². The summed E-state index contributed by atoms with van der Waals surface area (Å²) in [6.45, 7) is 4.35. The number of esters is 1. The van der Waals surface area contributed by atoms with E-state index >= 15 is 0 Å². The molecule has 0 fully saturated rings. The second kappa shape index (κ2) is 6.48. The molecule has 1 heterocycles. The molecule has 1 aliphatic rings. The first-order valence-corrected chi connectivity index (χ1v) is 8.03. The van der Waals surface area contributed by atoms with E-state index in [1.54, 1.807) is 4.90 Å². The third-order valence-electron chi connectivity index (χ3n) is 4.45. The summed E-state index contributed by atoms with van der Waals surface area (Å²) in [4.78, 5) is 26.9. The molecule has 1 aliphatic heterocycles. The van der Waals surface area contributed by atoms with E-state index in [-0.39, 0.29) is 11.9 Å². The van der Waals surface area contributed by atoms with E-state index in [0.29, 0.717) is 18.5 Å². The van der Waals surface area contributed by atoms with Crippen molar-refractivity contribution in [1.82, 2.24) is 4.90 Å². The Kier molecular flexibility index (Phi) is 4.38. The summed E-state index contributed by atoms with van der Waals surface area (Å²) in [5.74, 6) is -0.506. The van der Waals surface area contributed by atoms with Crippen molar-refractivity contribution in [1.29, 1.82) is 0 Å². The highest BCUT2D eigenvalue weighted by molar-refractivity contribution is 5.97. The summed E-state index contributed by atoms with van der Waals surface area (Å²) in [6, 6.07) is 13.1. The fourth-order valence-electron chi connectivity index (χ4n) is 3.35. The molecule has 0 radical (unpaired) electrons. The van der Waals surface area contributed by atoms with Crippen LogP contribution in [-0.2, 0) is 22.5 Å². The number of benzene rings is 2. The Hall–Kier alpha value is -2.62. The van der Waals surface area contributed by atoms with Crippen LogP contribution < -0.4 is 0 Å². The van der Waals surface area contributed by atoms with Gasteiger partial charge in [-0.1, -0.05) is 41.5 Å². The second-order valence-corrected chi connectivity index (χ2v) is 6.32. The fourth-order valence-corrected chi connectivity index (χ4v) is 3.35. The minimum Gasteiger partial charge on any atom is -0.467 e. The maximum Gasteiger partial charge on any atom is 0.328 e. The predicted octanol–water partition coefficient (Wildman–Crippen LogP) is 3.04. The second-order valence-electron chi connectivity index (χ2n) is 6.32. The molecule has 24 heavy (non-hydrogen) atoms. The molecule has 1 unspecified atom stereocenters. The Morgan fingerprint density at radius 2 is 1.67 bits per heavy atom. The average Bonchev–Trinajstić information content (AvgIpc) is 2.58. The van der Waals surface area contributed by atoms with Crippen molar-refractivity contribution in [2.45, 2.75) is 32.9 Å². The number of hydrogen-bond donors (Lipinski definition) is 0. The molecule has 0 N–H and O–H groups in total. The van der Waals surface area contributed by atoms with E-state index in [0.717, 1.165) is 22.3 Å². The van der Waals surface area contributed by atoms with Gasteiger partial charge in [-0.25, -0.2) is 4.79 Å². The van der Waals surface area contributed by atoms with Gasteiger partial charge in [0.15, 0.2) is 0 Å². The zero-order chi connectivity index (χ0) is 17.3. The van der Waals surface area contributed by atoms with Gasteiger partial charge in [-0.2, -0.15) is 0 Å². The number of rotatable bonds is 2. The van der Waals surface area contributed by atoms with Crippen molar-refractivity contribution in [2.75, 3.05) is 7.11 Å². The Morgan fingerprint density at radius 1 is 1.04 bits per heavy atom. The average molecular weight is 323 g/mol. The first-order chi connectivity index (χ1) is 11.5. The quantitative estimate of drug-likeness (QED) is 0.798. The van der Waals surface area contributed by atoms with Crippen LogP contribution in [0.5, 0.6) is 0 Å². The summed E-state index contributed by atoms with van der Waals surface area (Å²) in [5, 5.41) is 0. The predicted molar refractivity (Wildman–Crippen MR) is 91.7 cm³/mol. The van der Waals surface area contributed by atoms with E-state index in [9.17, 15) is 9.59 Å². The molecule has 0 aliphatic carbocycles. The van der Waals surface area contributed by atoms with Gasteiger partial charge < -0.3 is 9.64 Å². The Balaban J connectivity index is 1.99. The topological polar surface area (TPSA) is 46.6 Å². The van der Waals surface area contributed by atoms with Crippen molar-refractivity contribution in [2.24, 2.45) is 0 Å². The van der Waals surface area contributed by atoms with E-state index in [1.807, 2.05) is 56.3 Å².